The lowest BCUT2D eigenvalue weighted by Gasteiger charge is -2.44. The fourth-order valence-electron chi connectivity index (χ4n) is 17.5. The van der Waals surface area contributed by atoms with Crippen LogP contribution in [0.2, 0.25) is 0 Å². The molecule has 16 aromatic carbocycles. The van der Waals surface area contributed by atoms with Gasteiger partial charge < -0.3 is 14.4 Å². The largest absolute Gasteiger partial charge is 0.311 e. The monoisotopic (exact) mass is 1580 g/mol. The van der Waals surface area contributed by atoms with Crippen LogP contribution in [0.15, 0.2) is 419 Å². The summed E-state index contributed by atoms with van der Waals surface area (Å²) in [6.45, 7) is 0.0272. The van der Waals surface area contributed by atoms with Crippen LogP contribution in [0.5, 0.6) is 0 Å². The molecule has 0 spiro atoms. The summed E-state index contributed by atoms with van der Waals surface area (Å²) in [7, 11) is 0. The van der Waals surface area contributed by atoms with Crippen LogP contribution in [-0.2, 0) is 0 Å². The summed E-state index contributed by atoms with van der Waals surface area (Å²) >= 11 is 0. The number of para-hydroxylation sites is 3. The SMILES string of the molecule is c1ccc(-c2cc(-c3ccccc3)nc(-c3ccc(-n4c5ccc(-c6nc(-c7ccccc7)nc(-c7ccccc7)n6)cc5c5cc(-c6nc(-c7ccccc7)nc(-c7ccccc7)n6)ccc54)c(-c4nc(-c5ccccc5)nc(-c5cccc(-c6ccc(N7c8ccccc8B8c9ccccc9N(c9ccccc9)c9cccc7c98)cc6)c5)n4)c3)n2)cc1. The van der Waals surface area contributed by atoms with E-state index in [4.69, 9.17) is 54.8 Å². The fraction of sp³-hybridized carbons (Fsp3) is 0. The van der Waals surface area contributed by atoms with E-state index in [9.17, 15) is 0 Å². The Morgan fingerprint density at radius 3 is 0.903 bits per heavy atom. The number of anilines is 6. The average Bonchev–Trinajstić information content (AvgIpc) is 1.29. The van der Waals surface area contributed by atoms with Crippen molar-refractivity contribution in [3.8, 4) is 153 Å². The van der Waals surface area contributed by atoms with Crippen molar-refractivity contribution in [1.82, 2.24) is 59.4 Å². The summed E-state index contributed by atoms with van der Waals surface area (Å²) < 4.78 is 2.31. The van der Waals surface area contributed by atoms with Gasteiger partial charge in [0.15, 0.2) is 58.2 Å². The lowest BCUT2D eigenvalue weighted by molar-refractivity contribution is 1.06. The van der Waals surface area contributed by atoms with E-state index in [-0.39, 0.29) is 6.71 Å². The number of nitrogens with zero attached hydrogens (tertiary/aromatic N) is 14. The first kappa shape index (κ1) is 72.3. The van der Waals surface area contributed by atoms with E-state index in [1.54, 1.807) is 0 Å². The summed E-state index contributed by atoms with van der Waals surface area (Å²) in [5.41, 5.74) is 26.7. The maximum Gasteiger partial charge on any atom is 0.252 e. The molecule has 0 atom stereocenters. The zero-order valence-corrected chi connectivity index (χ0v) is 66.7. The maximum atomic E-state index is 5.72. The highest BCUT2D eigenvalue weighted by Crippen LogP contribution is 2.47. The minimum atomic E-state index is 0.0272. The zero-order chi connectivity index (χ0) is 82.0. The molecule has 0 saturated carbocycles. The second kappa shape index (κ2) is 30.8. The van der Waals surface area contributed by atoms with Gasteiger partial charge >= 0.3 is 0 Å². The van der Waals surface area contributed by atoms with Crippen LogP contribution in [-0.4, -0.2) is 66.1 Å². The lowest BCUT2D eigenvalue weighted by atomic mass is 9.33. The number of fused-ring (bicyclic) bond motifs is 7. The van der Waals surface area contributed by atoms with Gasteiger partial charge in [0.2, 0.25) is 0 Å². The molecule has 0 saturated heterocycles. The maximum absolute atomic E-state index is 5.72. The smallest absolute Gasteiger partial charge is 0.252 e. The van der Waals surface area contributed by atoms with E-state index in [2.05, 4.69) is 257 Å². The van der Waals surface area contributed by atoms with Gasteiger partial charge in [-0.05, 0) is 143 Å². The summed E-state index contributed by atoms with van der Waals surface area (Å²) in [5, 5.41) is 1.81. The molecule has 124 heavy (non-hydrogen) atoms. The quantitative estimate of drug-likeness (QED) is 0.0844. The highest BCUT2D eigenvalue weighted by molar-refractivity contribution is 7.00. The molecule has 0 radical (unpaired) electrons. The zero-order valence-electron chi connectivity index (χ0n) is 66.7. The van der Waals surface area contributed by atoms with E-state index in [0.29, 0.717) is 63.8 Å². The minimum Gasteiger partial charge on any atom is -0.311 e. The summed E-state index contributed by atoms with van der Waals surface area (Å²) in [4.78, 5) is 64.0. The van der Waals surface area contributed by atoms with Gasteiger partial charge in [-0.1, -0.05) is 303 Å². The Kier molecular flexibility index (Phi) is 18.0. The Hall–Kier alpha value is -16.9. The second-order valence-electron chi connectivity index (χ2n) is 30.9. The van der Waals surface area contributed by atoms with Crippen molar-refractivity contribution in [2.45, 2.75) is 0 Å². The molecular weight excluding hydrogens is 1520 g/mol. The topological polar surface area (TPSA) is 153 Å². The Labute approximate surface area is 715 Å². The van der Waals surface area contributed by atoms with Crippen LogP contribution in [0.25, 0.3) is 175 Å². The fourth-order valence-corrected chi connectivity index (χ4v) is 17.5. The molecule has 578 valence electrons. The van der Waals surface area contributed by atoms with Crippen molar-refractivity contribution in [1.29, 1.82) is 0 Å². The third-order valence-electron chi connectivity index (χ3n) is 23.4. The van der Waals surface area contributed by atoms with E-state index < -0.39 is 0 Å². The molecule has 15 heteroatoms. The van der Waals surface area contributed by atoms with E-state index in [1.165, 1.54) is 27.8 Å². The Morgan fingerprint density at radius 2 is 0.476 bits per heavy atom. The summed E-state index contributed by atoms with van der Waals surface area (Å²) in [6.07, 6.45) is 0. The van der Waals surface area contributed by atoms with E-state index >= 15 is 0 Å². The number of rotatable bonds is 16. The number of aromatic nitrogens is 12. The molecule has 5 aromatic heterocycles. The van der Waals surface area contributed by atoms with Gasteiger partial charge in [0.05, 0.1) is 28.1 Å². The second-order valence-corrected chi connectivity index (χ2v) is 30.9. The van der Waals surface area contributed by atoms with Gasteiger partial charge in [0.25, 0.3) is 6.71 Å². The van der Waals surface area contributed by atoms with E-state index in [0.717, 1.165) is 134 Å². The number of hydrogen-bond donors (Lipinski definition) is 0. The molecule has 23 rings (SSSR count). The number of hydrogen-bond acceptors (Lipinski definition) is 13. The van der Waals surface area contributed by atoms with Gasteiger partial charge in [-0.3, -0.25) is 0 Å². The first-order chi connectivity index (χ1) is 61.4. The first-order valence-electron chi connectivity index (χ1n) is 41.4. The predicted octanol–water partition coefficient (Wildman–Crippen LogP) is 23.9. The van der Waals surface area contributed by atoms with Crippen LogP contribution in [0, 0.1) is 0 Å². The highest BCUT2D eigenvalue weighted by atomic mass is 15.2. The van der Waals surface area contributed by atoms with Crippen molar-refractivity contribution in [3.63, 3.8) is 0 Å². The third-order valence-corrected chi connectivity index (χ3v) is 23.4. The molecule has 2 aliphatic rings. The Balaban J connectivity index is 0.716. The van der Waals surface area contributed by atoms with Crippen molar-refractivity contribution in [2.75, 3.05) is 9.80 Å². The van der Waals surface area contributed by atoms with Gasteiger partial charge in [-0.2, -0.15) is 0 Å². The van der Waals surface area contributed by atoms with Gasteiger partial charge in [0, 0.05) is 112 Å². The first-order valence-corrected chi connectivity index (χ1v) is 41.4. The van der Waals surface area contributed by atoms with Crippen molar-refractivity contribution >= 4 is 79.0 Å². The van der Waals surface area contributed by atoms with Gasteiger partial charge in [-0.15, -0.1) is 0 Å². The molecular formula is C109H69BN14. The normalized spacial score (nSPS) is 12.0. The standard InChI is InChI=1S/C109H69BN14/c1-9-31-71(32-10-1)90-69-91(72-33-11-2-12-34-72)112-105(111-90)82-59-64-94(124-92-62-57-80(107-115-100(73-35-13-3-14-36-73)113-101(116-107)74-37-15-4-16-38-74)66-85(92)86-67-81(58-63-93(86)124)108-117-102(75-39-17-5-18-40-75)114-103(118-108)76-41-19-6-20-42-76)87(68-82)109-120-104(77-43-21-7-22-44-77)119-106(121-109)79-46-29-45-78(65-79)70-55-60-84(61-56-70)123-96-52-28-26-50-89(96)110-88-49-25-27-51-95(88)122(83-47-23-8-24-48-83)97-53-30-54-98(123)99(97)110/h1-69H. The van der Waals surface area contributed by atoms with Crippen LogP contribution in [0.4, 0.5) is 34.1 Å². The van der Waals surface area contributed by atoms with Crippen molar-refractivity contribution in [2.24, 2.45) is 0 Å². The van der Waals surface area contributed by atoms with Crippen LogP contribution in [0.1, 0.15) is 0 Å². The molecule has 0 amide bonds. The molecule has 7 heterocycles. The average molecular weight is 1590 g/mol. The lowest BCUT2D eigenvalue weighted by Crippen LogP contribution is -2.61. The minimum absolute atomic E-state index is 0.0272. The van der Waals surface area contributed by atoms with Gasteiger partial charge in [0.1, 0.15) is 0 Å². The molecule has 0 aliphatic carbocycles. The molecule has 0 unspecified atom stereocenters. The molecule has 14 nitrogen and oxygen atoms in total. The molecule has 21 aromatic rings. The Bertz CT molecular complexity index is 7310. The molecule has 0 N–H and O–H groups in total. The Morgan fingerprint density at radius 1 is 0.177 bits per heavy atom. The third kappa shape index (κ3) is 13.2. The van der Waals surface area contributed by atoms with E-state index in [1.807, 2.05) is 176 Å². The van der Waals surface area contributed by atoms with Crippen molar-refractivity contribution in [3.05, 3.63) is 419 Å². The number of benzene rings is 16. The molecule has 0 bridgehead atoms. The van der Waals surface area contributed by atoms with Crippen molar-refractivity contribution < 1.29 is 0 Å². The van der Waals surface area contributed by atoms with Gasteiger partial charge in [-0.25, -0.2) is 54.8 Å². The molecule has 2 aliphatic heterocycles. The summed E-state index contributed by atoms with van der Waals surface area (Å²) in [5.74, 6) is 5.13. The summed E-state index contributed by atoms with van der Waals surface area (Å²) in [6, 6.07) is 145. The highest BCUT2D eigenvalue weighted by Gasteiger charge is 2.43. The predicted molar refractivity (Wildman–Crippen MR) is 501 cm³/mol. The van der Waals surface area contributed by atoms with Crippen LogP contribution < -0.4 is 26.2 Å². The molecule has 0 fully saturated rings. The van der Waals surface area contributed by atoms with Crippen LogP contribution >= 0.6 is 0 Å². The van der Waals surface area contributed by atoms with Crippen LogP contribution in [0.3, 0.4) is 0 Å².